The Kier molecular flexibility index (Phi) is 3.90. The fourth-order valence-electron chi connectivity index (χ4n) is 2.32. The molecule has 1 fully saturated rings. The fourth-order valence-corrected chi connectivity index (χ4v) is 3.66. The van der Waals surface area contributed by atoms with E-state index in [1.54, 1.807) is 0 Å². The summed E-state index contributed by atoms with van der Waals surface area (Å²) in [6.45, 7) is 0.245. The van der Waals surface area contributed by atoms with E-state index >= 15 is 0 Å². The van der Waals surface area contributed by atoms with Gasteiger partial charge in [-0.25, -0.2) is 0 Å². The lowest BCUT2D eigenvalue weighted by Gasteiger charge is -2.26. The topological polar surface area (TPSA) is 32.3 Å². The highest BCUT2D eigenvalue weighted by molar-refractivity contribution is 8.00. The first-order valence-electron chi connectivity index (χ1n) is 5.79. The zero-order valence-electron chi connectivity index (χ0n) is 9.65. The first-order chi connectivity index (χ1) is 7.78. The zero-order valence-corrected chi connectivity index (χ0v) is 10.5. The van der Waals surface area contributed by atoms with Crippen molar-refractivity contribution in [3.8, 4) is 0 Å². The Balaban J connectivity index is 1.95. The van der Waals surface area contributed by atoms with E-state index in [-0.39, 0.29) is 12.1 Å². The van der Waals surface area contributed by atoms with Crippen molar-refractivity contribution in [3.05, 3.63) is 30.3 Å². The third-order valence-corrected chi connectivity index (χ3v) is 4.72. The van der Waals surface area contributed by atoms with Crippen molar-refractivity contribution < 1.29 is 5.11 Å². The molecule has 0 heterocycles. The van der Waals surface area contributed by atoms with Gasteiger partial charge < -0.3 is 10.4 Å². The van der Waals surface area contributed by atoms with Crippen LogP contribution in [0.1, 0.15) is 19.3 Å². The van der Waals surface area contributed by atoms with Crippen LogP contribution in [0.25, 0.3) is 0 Å². The molecule has 0 radical (unpaired) electrons. The Morgan fingerprint density at radius 2 is 2.19 bits per heavy atom. The Labute approximate surface area is 101 Å². The van der Waals surface area contributed by atoms with Crippen LogP contribution >= 0.6 is 11.8 Å². The number of rotatable bonds is 4. The molecule has 2 N–H and O–H groups in total. The van der Waals surface area contributed by atoms with Crippen molar-refractivity contribution in [1.82, 2.24) is 5.32 Å². The highest BCUT2D eigenvalue weighted by Crippen LogP contribution is 2.39. The maximum atomic E-state index is 9.43. The summed E-state index contributed by atoms with van der Waals surface area (Å²) in [7, 11) is 1.95. The van der Waals surface area contributed by atoms with Gasteiger partial charge in [-0.3, -0.25) is 0 Å². The van der Waals surface area contributed by atoms with E-state index in [1.165, 1.54) is 11.3 Å². The van der Waals surface area contributed by atoms with Crippen molar-refractivity contribution >= 4 is 11.8 Å². The first-order valence-corrected chi connectivity index (χ1v) is 6.67. The van der Waals surface area contributed by atoms with Crippen molar-refractivity contribution in [2.45, 2.75) is 34.9 Å². The Bertz CT molecular complexity index is 324. The molecule has 0 bridgehead atoms. The summed E-state index contributed by atoms with van der Waals surface area (Å²) in [5.41, 5.74) is -0.0353. The lowest BCUT2D eigenvalue weighted by atomic mass is 10.00. The van der Waals surface area contributed by atoms with Crippen LogP contribution in [0.15, 0.2) is 35.2 Å². The van der Waals surface area contributed by atoms with E-state index in [1.807, 2.05) is 24.9 Å². The van der Waals surface area contributed by atoms with Crippen molar-refractivity contribution in [2.75, 3.05) is 13.7 Å². The Morgan fingerprint density at radius 3 is 2.75 bits per heavy atom. The van der Waals surface area contributed by atoms with Gasteiger partial charge >= 0.3 is 0 Å². The highest BCUT2D eigenvalue weighted by Gasteiger charge is 2.37. The molecule has 16 heavy (non-hydrogen) atoms. The molecule has 1 aromatic rings. The maximum absolute atomic E-state index is 9.43. The number of likely N-dealkylation sites (N-methyl/N-ethyl adjacent to an activating group) is 1. The van der Waals surface area contributed by atoms with E-state index in [0.29, 0.717) is 5.25 Å². The molecular formula is C13H19NOS. The molecule has 1 aliphatic rings. The number of hydrogen-bond acceptors (Lipinski definition) is 3. The van der Waals surface area contributed by atoms with Crippen LogP contribution in [0.3, 0.4) is 0 Å². The Hall–Kier alpha value is -0.510. The average Bonchev–Trinajstić information content (AvgIpc) is 2.75. The average molecular weight is 237 g/mol. The lowest BCUT2D eigenvalue weighted by Crippen LogP contribution is -2.44. The van der Waals surface area contributed by atoms with Crippen LogP contribution in [-0.2, 0) is 0 Å². The van der Waals surface area contributed by atoms with Crippen molar-refractivity contribution in [1.29, 1.82) is 0 Å². The second kappa shape index (κ2) is 5.21. The Morgan fingerprint density at radius 1 is 1.44 bits per heavy atom. The van der Waals surface area contributed by atoms with Crippen LogP contribution in [-0.4, -0.2) is 29.5 Å². The second-order valence-electron chi connectivity index (χ2n) is 4.48. The minimum absolute atomic E-state index is 0.0353. The molecule has 2 nitrogen and oxygen atoms in total. The van der Waals surface area contributed by atoms with Crippen molar-refractivity contribution in [2.24, 2.45) is 0 Å². The monoisotopic (exact) mass is 237 g/mol. The minimum atomic E-state index is -0.0353. The molecule has 2 atom stereocenters. The summed E-state index contributed by atoms with van der Waals surface area (Å²) in [6, 6.07) is 10.5. The van der Waals surface area contributed by atoms with Gasteiger partial charge in [0.1, 0.15) is 0 Å². The molecule has 2 unspecified atom stereocenters. The summed E-state index contributed by atoms with van der Waals surface area (Å²) >= 11 is 1.93. The minimum Gasteiger partial charge on any atom is -0.394 e. The van der Waals surface area contributed by atoms with E-state index in [2.05, 4.69) is 29.6 Å². The number of aliphatic hydroxyl groups is 1. The van der Waals surface area contributed by atoms with Gasteiger partial charge in [-0.2, -0.15) is 0 Å². The molecule has 1 aliphatic carbocycles. The highest BCUT2D eigenvalue weighted by atomic mass is 32.2. The summed E-state index contributed by atoms with van der Waals surface area (Å²) in [5, 5.41) is 13.3. The smallest absolute Gasteiger partial charge is 0.0613 e. The van der Waals surface area contributed by atoms with E-state index in [9.17, 15) is 5.11 Å². The summed E-state index contributed by atoms with van der Waals surface area (Å²) < 4.78 is 0. The quantitative estimate of drug-likeness (QED) is 0.842. The second-order valence-corrected chi connectivity index (χ2v) is 5.86. The van der Waals surface area contributed by atoms with E-state index < -0.39 is 0 Å². The number of thioether (sulfide) groups is 1. The normalized spacial score (nSPS) is 29.5. The summed E-state index contributed by atoms with van der Waals surface area (Å²) in [4.78, 5) is 1.33. The molecule has 1 aromatic carbocycles. The van der Waals surface area contributed by atoms with Gasteiger partial charge in [-0.15, -0.1) is 11.8 Å². The molecule has 0 saturated heterocycles. The van der Waals surface area contributed by atoms with Gasteiger partial charge in [0.05, 0.1) is 6.61 Å². The number of benzene rings is 1. The van der Waals surface area contributed by atoms with Crippen LogP contribution in [0.2, 0.25) is 0 Å². The van der Waals surface area contributed by atoms with Gasteiger partial charge in [-0.05, 0) is 38.4 Å². The summed E-state index contributed by atoms with van der Waals surface area (Å²) in [6.07, 6.45) is 3.31. The zero-order chi connectivity index (χ0) is 11.4. The van der Waals surface area contributed by atoms with Crippen LogP contribution in [0.5, 0.6) is 0 Å². The number of nitrogens with one attached hydrogen (secondary N) is 1. The number of hydrogen-bond donors (Lipinski definition) is 2. The van der Waals surface area contributed by atoms with Crippen LogP contribution in [0, 0.1) is 0 Å². The van der Waals surface area contributed by atoms with Crippen LogP contribution in [0.4, 0.5) is 0 Å². The molecule has 88 valence electrons. The lowest BCUT2D eigenvalue weighted by molar-refractivity contribution is 0.173. The summed E-state index contributed by atoms with van der Waals surface area (Å²) in [5.74, 6) is 0. The molecule has 2 rings (SSSR count). The molecule has 1 saturated carbocycles. The SMILES string of the molecule is CNC1(CO)CCC(Sc2ccccc2)C1. The predicted molar refractivity (Wildman–Crippen MR) is 68.8 cm³/mol. The van der Waals surface area contributed by atoms with Gasteiger partial charge in [-0.1, -0.05) is 18.2 Å². The van der Waals surface area contributed by atoms with Gasteiger partial charge in [0.15, 0.2) is 0 Å². The number of aliphatic hydroxyl groups excluding tert-OH is 1. The third-order valence-electron chi connectivity index (χ3n) is 3.44. The molecule has 0 aliphatic heterocycles. The fraction of sp³-hybridized carbons (Fsp3) is 0.538. The van der Waals surface area contributed by atoms with Crippen molar-refractivity contribution in [3.63, 3.8) is 0 Å². The van der Waals surface area contributed by atoms with Gasteiger partial charge in [0, 0.05) is 15.7 Å². The molecule has 0 amide bonds. The predicted octanol–water partition coefficient (Wildman–Crippen LogP) is 2.28. The van der Waals surface area contributed by atoms with Crippen LogP contribution < -0.4 is 5.32 Å². The van der Waals surface area contributed by atoms with Gasteiger partial charge in [0.25, 0.3) is 0 Å². The van der Waals surface area contributed by atoms with E-state index in [0.717, 1.165) is 12.8 Å². The largest absolute Gasteiger partial charge is 0.394 e. The standard InChI is InChI=1S/C13H19NOS/c1-14-13(10-15)8-7-12(9-13)16-11-5-3-2-4-6-11/h2-6,12,14-15H,7-10H2,1H3. The van der Waals surface area contributed by atoms with E-state index in [4.69, 9.17) is 0 Å². The van der Waals surface area contributed by atoms with Gasteiger partial charge in [0.2, 0.25) is 0 Å². The first kappa shape index (κ1) is 12.0. The molecule has 3 heteroatoms. The molecule has 0 aromatic heterocycles. The molecular weight excluding hydrogens is 218 g/mol. The maximum Gasteiger partial charge on any atom is 0.0613 e. The molecule has 0 spiro atoms. The third kappa shape index (κ3) is 2.59.